The van der Waals surface area contributed by atoms with Crippen molar-refractivity contribution in [1.29, 1.82) is 0 Å². The smallest absolute Gasteiger partial charge is 0.101 e. The van der Waals surface area contributed by atoms with E-state index in [2.05, 4.69) is 10.4 Å². The summed E-state index contributed by atoms with van der Waals surface area (Å²) in [5.41, 5.74) is 1.07. The van der Waals surface area contributed by atoms with E-state index in [0.29, 0.717) is 5.92 Å². The zero-order valence-corrected chi connectivity index (χ0v) is 9.60. The molecule has 1 aromatic rings. The van der Waals surface area contributed by atoms with Gasteiger partial charge in [0, 0.05) is 16.7 Å². The molecule has 0 saturated heterocycles. The molecule has 2 nitrogen and oxygen atoms in total. The van der Waals surface area contributed by atoms with Crippen LogP contribution >= 0.6 is 11.3 Å². The molecule has 0 aromatic carbocycles. The molecule has 0 radical (unpaired) electrons. The first-order chi connectivity index (χ1) is 6.63. The zero-order valence-electron chi connectivity index (χ0n) is 8.79. The van der Waals surface area contributed by atoms with E-state index in [4.69, 9.17) is 0 Å². The lowest BCUT2D eigenvalue weighted by atomic mass is 9.83. The molecule has 0 unspecified atom stereocenters. The fourth-order valence-electron chi connectivity index (χ4n) is 1.56. The highest BCUT2D eigenvalue weighted by molar-refractivity contribution is 7.09. The van der Waals surface area contributed by atoms with E-state index in [1.165, 1.54) is 25.0 Å². The minimum atomic E-state index is -0.174. The van der Waals surface area contributed by atoms with Gasteiger partial charge in [-0.25, -0.2) is 4.98 Å². The summed E-state index contributed by atoms with van der Waals surface area (Å²) in [7, 11) is 0. The third kappa shape index (κ3) is 1.71. The molecule has 3 heteroatoms. The fraction of sp³-hybridized carbons (Fsp3) is 0.727. The van der Waals surface area contributed by atoms with E-state index in [0.717, 1.165) is 5.01 Å². The van der Waals surface area contributed by atoms with Gasteiger partial charge in [-0.2, -0.15) is 0 Å². The third-order valence-electron chi connectivity index (χ3n) is 3.02. The molecule has 0 bridgehead atoms. The van der Waals surface area contributed by atoms with Crippen LogP contribution in [-0.4, -0.2) is 16.7 Å². The van der Waals surface area contributed by atoms with Crippen LogP contribution in [0.3, 0.4) is 0 Å². The lowest BCUT2D eigenvalue weighted by molar-refractivity contribution is 0.218. The molecular weight excluding hydrogens is 194 g/mol. The summed E-state index contributed by atoms with van der Waals surface area (Å²) in [4.78, 5) is 4.63. The number of aliphatic hydroxyl groups is 1. The summed E-state index contributed by atoms with van der Waals surface area (Å²) < 4.78 is 0. The minimum Gasteiger partial charge on any atom is -0.395 e. The zero-order chi connectivity index (χ0) is 10.2. The second-order valence-corrected chi connectivity index (χ2v) is 5.61. The van der Waals surface area contributed by atoms with Gasteiger partial charge in [0.15, 0.2) is 0 Å². The largest absolute Gasteiger partial charge is 0.395 e. The molecule has 0 aliphatic heterocycles. The average Bonchev–Trinajstić information content (AvgIpc) is 2.51. The Morgan fingerprint density at radius 3 is 2.79 bits per heavy atom. The molecule has 0 spiro atoms. The first-order valence-electron chi connectivity index (χ1n) is 5.20. The Hall–Kier alpha value is -0.410. The molecule has 1 aliphatic carbocycles. The van der Waals surface area contributed by atoms with Gasteiger partial charge in [0.1, 0.15) is 5.01 Å². The maximum Gasteiger partial charge on any atom is 0.101 e. The van der Waals surface area contributed by atoms with Crippen LogP contribution in [0.15, 0.2) is 5.38 Å². The summed E-state index contributed by atoms with van der Waals surface area (Å²) in [6, 6.07) is 0. The lowest BCUT2D eigenvalue weighted by Crippen LogP contribution is -2.22. The minimum absolute atomic E-state index is 0.171. The van der Waals surface area contributed by atoms with Crippen molar-refractivity contribution in [2.24, 2.45) is 0 Å². The molecule has 0 amide bonds. The molecule has 2 rings (SSSR count). The Morgan fingerprint density at radius 1 is 1.57 bits per heavy atom. The second kappa shape index (κ2) is 3.63. The Morgan fingerprint density at radius 2 is 2.29 bits per heavy atom. The maximum absolute atomic E-state index is 9.23. The summed E-state index contributed by atoms with van der Waals surface area (Å²) >= 11 is 1.69. The summed E-state index contributed by atoms with van der Waals surface area (Å²) in [5.74, 6) is 0.703. The van der Waals surface area contributed by atoms with Crippen molar-refractivity contribution in [1.82, 2.24) is 4.98 Å². The number of rotatable bonds is 3. The van der Waals surface area contributed by atoms with E-state index in [9.17, 15) is 5.11 Å². The fourth-order valence-corrected chi connectivity index (χ4v) is 2.58. The Bertz CT molecular complexity index is 315. The predicted molar refractivity (Wildman–Crippen MR) is 58.8 cm³/mol. The third-order valence-corrected chi connectivity index (χ3v) is 4.25. The van der Waals surface area contributed by atoms with E-state index >= 15 is 0 Å². The molecule has 1 aliphatic rings. The van der Waals surface area contributed by atoms with Crippen molar-refractivity contribution >= 4 is 11.3 Å². The second-order valence-electron chi connectivity index (χ2n) is 4.75. The van der Waals surface area contributed by atoms with Crippen LogP contribution in [0.1, 0.15) is 49.7 Å². The topological polar surface area (TPSA) is 33.1 Å². The monoisotopic (exact) mass is 211 g/mol. The highest BCUT2D eigenvalue weighted by Crippen LogP contribution is 2.38. The van der Waals surface area contributed by atoms with Crippen molar-refractivity contribution in [3.8, 4) is 0 Å². The number of nitrogens with zero attached hydrogens (tertiary/aromatic N) is 1. The highest BCUT2D eigenvalue weighted by Gasteiger charge is 2.27. The van der Waals surface area contributed by atoms with E-state index in [1.54, 1.807) is 11.3 Å². The Labute approximate surface area is 89.0 Å². The van der Waals surface area contributed by atoms with Gasteiger partial charge in [-0.3, -0.25) is 0 Å². The van der Waals surface area contributed by atoms with Gasteiger partial charge in [0.2, 0.25) is 0 Å². The quantitative estimate of drug-likeness (QED) is 0.834. The van der Waals surface area contributed by atoms with E-state index in [1.807, 2.05) is 13.8 Å². The van der Waals surface area contributed by atoms with Gasteiger partial charge in [-0.1, -0.05) is 20.3 Å². The number of thiazole rings is 1. The van der Waals surface area contributed by atoms with Crippen molar-refractivity contribution in [3.63, 3.8) is 0 Å². The van der Waals surface area contributed by atoms with Gasteiger partial charge >= 0.3 is 0 Å². The van der Waals surface area contributed by atoms with E-state index in [-0.39, 0.29) is 12.0 Å². The van der Waals surface area contributed by atoms with Crippen LogP contribution in [0.4, 0.5) is 0 Å². The molecule has 1 aromatic heterocycles. The molecule has 14 heavy (non-hydrogen) atoms. The Balaban J connectivity index is 2.16. The molecule has 1 fully saturated rings. The van der Waals surface area contributed by atoms with Crippen LogP contribution in [0, 0.1) is 0 Å². The highest BCUT2D eigenvalue weighted by atomic mass is 32.1. The van der Waals surface area contributed by atoms with Gasteiger partial charge < -0.3 is 5.11 Å². The van der Waals surface area contributed by atoms with Crippen molar-refractivity contribution in [2.45, 2.75) is 44.4 Å². The Kier molecular flexibility index (Phi) is 2.62. The first kappa shape index (κ1) is 10.1. The van der Waals surface area contributed by atoms with Gasteiger partial charge in [0.25, 0.3) is 0 Å². The molecule has 1 saturated carbocycles. The normalized spacial score (nSPS) is 18.2. The molecule has 78 valence electrons. The number of aliphatic hydroxyl groups excluding tert-OH is 1. The average molecular weight is 211 g/mol. The van der Waals surface area contributed by atoms with Crippen molar-refractivity contribution < 1.29 is 5.11 Å². The lowest BCUT2D eigenvalue weighted by Gasteiger charge is -2.23. The van der Waals surface area contributed by atoms with Crippen molar-refractivity contribution in [3.05, 3.63) is 16.1 Å². The van der Waals surface area contributed by atoms with Gasteiger partial charge in [-0.05, 0) is 12.8 Å². The van der Waals surface area contributed by atoms with Crippen LogP contribution in [0.5, 0.6) is 0 Å². The van der Waals surface area contributed by atoms with Gasteiger partial charge in [-0.15, -0.1) is 11.3 Å². The molecular formula is C11H17NOS. The van der Waals surface area contributed by atoms with Gasteiger partial charge in [0.05, 0.1) is 12.3 Å². The van der Waals surface area contributed by atoms with Crippen LogP contribution in [0.2, 0.25) is 0 Å². The summed E-state index contributed by atoms with van der Waals surface area (Å²) in [5, 5.41) is 12.5. The number of aromatic nitrogens is 1. The standard InChI is InChI=1S/C11H17NOS/c1-11(2,7-13)10-12-9(6-14-10)8-4-3-5-8/h6,8,13H,3-5,7H2,1-2H3. The molecule has 0 atom stereocenters. The summed E-state index contributed by atoms with van der Waals surface area (Å²) in [6.45, 7) is 4.25. The van der Waals surface area contributed by atoms with Crippen LogP contribution < -0.4 is 0 Å². The summed E-state index contributed by atoms with van der Waals surface area (Å²) in [6.07, 6.45) is 3.94. The number of hydrogen-bond acceptors (Lipinski definition) is 3. The van der Waals surface area contributed by atoms with Crippen molar-refractivity contribution in [2.75, 3.05) is 6.61 Å². The molecule has 1 N–H and O–H groups in total. The number of hydrogen-bond donors (Lipinski definition) is 1. The van der Waals surface area contributed by atoms with Crippen LogP contribution in [-0.2, 0) is 5.41 Å². The maximum atomic E-state index is 9.23. The molecule has 1 heterocycles. The first-order valence-corrected chi connectivity index (χ1v) is 6.08. The van der Waals surface area contributed by atoms with E-state index < -0.39 is 0 Å². The van der Waals surface area contributed by atoms with Crippen LogP contribution in [0.25, 0.3) is 0 Å². The SMILES string of the molecule is CC(C)(CO)c1nc(C2CCC2)cs1. The predicted octanol–water partition coefficient (Wildman–Crippen LogP) is 2.68.